The summed E-state index contributed by atoms with van der Waals surface area (Å²) >= 11 is 5.52. The molecule has 0 saturated heterocycles. The van der Waals surface area contributed by atoms with Crippen molar-refractivity contribution in [1.29, 1.82) is 0 Å². The van der Waals surface area contributed by atoms with E-state index in [1.807, 2.05) is 0 Å². The Labute approximate surface area is 78.5 Å². The highest BCUT2D eigenvalue weighted by molar-refractivity contribution is 6.33. The van der Waals surface area contributed by atoms with Crippen molar-refractivity contribution >= 4 is 23.3 Å². The van der Waals surface area contributed by atoms with Crippen LogP contribution in [0.15, 0.2) is 6.20 Å². The van der Waals surface area contributed by atoms with Crippen molar-refractivity contribution in [3.05, 3.63) is 22.7 Å². The third-order valence-electron chi connectivity index (χ3n) is 1.41. The molecule has 0 saturated carbocycles. The van der Waals surface area contributed by atoms with Crippen molar-refractivity contribution in [1.82, 2.24) is 4.98 Å². The topological polar surface area (TPSA) is 65.2 Å². The first-order valence-electron chi connectivity index (χ1n) is 3.25. The number of pyridine rings is 1. The summed E-state index contributed by atoms with van der Waals surface area (Å²) in [6, 6.07) is 0. The highest BCUT2D eigenvalue weighted by Crippen LogP contribution is 2.22. The minimum Gasteiger partial charge on any atom is -0.465 e. The van der Waals surface area contributed by atoms with Crippen molar-refractivity contribution in [2.75, 3.05) is 12.8 Å². The van der Waals surface area contributed by atoms with E-state index in [1.54, 1.807) is 0 Å². The summed E-state index contributed by atoms with van der Waals surface area (Å²) in [5.41, 5.74) is 4.66. The number of ether oxygens (including phenoxy) is 1. The van der Waals surface area contributed by atoms with E-state index in [4.69, 9.17) is 17.3 Å². The largest absolute Gasteiger partial charge is 0.465 e. The molecule has 0 aliphatic rings. The number of rotatable bonds is 1. The smallest absolute Gasteiger partial charge is 0.343 e. The highest BCUT2D eigenvalue weighted by atomic mass is 35.5. The first-order valence-corrected chi connectivity index (χ1v) is 3.63. The Bertz CT molecular complexity index is 357. The Kier molecular flexibility index (Phi) is 2.67. The quantitative estimate of drug-likeness (QED) is 0.552. The fourth-order valence-corrected chi connectivity index (χ4v) is 1.00. The molecule has 0 amide bonds. The highest BCUT2D eigenvalue weighted by Gasteiger charge is 2.18. The van der Waals surface area contributed by atoms with Gasteiger partial charge in [0.1, 0.15) is 10.7 Å². The van der Waals surface area contributed by atoms with Gasteiger partial charge in [0.15, 0.2) is 5.82 Å². The van der Waals surface area contributed by atoms with Gasteiger partial charge in [-0.15, -0.1) is 0 Å². The molecule has 6 heteroatoms. The molecule has 0 radical (unpaired) electrons. The monoisotopic (exact) mass is 204 g/mol. The molecule has 0 aromatic carbocycles. The number of methoxy groups -OCH3 is 1. The number of hydrogen-bond donors (Lipinski definition) is 1. The molecule has 0 aliphatic carbocycles. The van der Waals surface area contributed by atoms with Crippen LogP contribution in [0.2, 0.25) is 5.15 Å². The number of nitrogens with zero attached hydrogens (tertiary/aromatic N) is 1. The maximum Gasteiger partial charge on any atom is 0.343 e. The maximum absolute atomic E-state index is 12.8. The molecule has 4 nitrogen and oxygen atoms in total. The molecule has 70 valence electrons. The third kappa shape index (κ3) is 1.70. The fraction of sp³-hybridized carbons (Fsp3) is 0.143. The molecule has 1 heterocycles. The molecule has 0 aliphatic heterocycles. The van der Waals surface area contributed by atoms with Crippen molar-refractivity contribution in [2.45, 2.75) is 0 Å². The summed E-state index contributed by atoms with van der Waals surface area (Å²) in [6.45, 7) is 0. The van der Waals surface area contributed by atoms with Gasteiger partial charge in [-0.2, -0.15) is 0 Å². The molecule has 2 N–H and O–H groups in total. The molecule has 0 fully saturated rings. The number of aromatic nitrogens is 1. The lowest BCUT2D eigenvalue weighted by Crippen LogP contribution is -2.09. The predicted octanol–water partition coefficient (Wildman–Crippen LogP) is 1.24. The lowest BCUT2D eigenvalue weighted by Gasteiger charge is -2.04. The van der Waals surface area contributed by atoms with E-state index in [0.717, 1.165) is 13.3 Å². The van der Waals surface area contributed by atoms with Crippen LogP contribution in [-0.4, -0.2) is 18.1 Å². The maximum atomic E-state index is 12.8. The lowest BCUT2D eigenvalue weighted by atomic mass is 10.2. The summed E-state index contributed by atoms with van der Waals surface area (Å²) in [5, 5.41) is -0.175. The molecule has 0 spiro atoms. The van der Waals surface area contributed by atoms with E-state index in [0.29, 0.717) is 0 Å². The zero-order valence-corrected chi connectivity index (χ0v) is 7.43. The molecular formula is C7H6ClFN2O2. The number of halogens is 2. The van der Waals surface area contributed by atoms with Gasteiger partial charge in [0.05, 0.1) is 19.0 Å². The molecule has 1 rings (SSSR count). The Morgan fingerprint density at radius 3 is 2.92 bits per heavy atom. The van der Waals surface area contributed by atoms with E-state index in [9.17, 15) is 9.18 Å². The van der Waals surface area contributed by atoms with E-state index in [-0.39, 0.29) is 16.4 Å². The van der Waals surface area contributed by atoms with Gasteiger partial charge in [-0.3, -0.25) is 0 Å². The van der Waals surface area contributed by atoms with Crippen LogP contribution in [0.1, 0.15) is 10.4 Å². The van der Waals surface area contributed by atoms with E-state index in [2.05, 4.69) is 9.72 Å². The van der Waals surface area contributed by atoms with Crippen LogP contribution in [0.3, 0.4) is 0 Å². The summed E-state index contributed by atoms with van der Waals surface area (Å²) < 4.78 is 17.1. The van der Waals surface area contributed by atoms with E-state index < -0.39 is 11.8 Å². The SMILES string of the molecule is COC(=O)c1c(Cl)ncc(F)c1N. The van der Waals surface area contributed by atoms with E-state index in [1.165, 1.54) is 0 Å². The first-order chi connectivity index (χ1) is 6.07. The second kappa shape index (κ2) is 3.57. The van der Waals surface area contributed by atoms with Crippen LogP contribution in [0.4, 0.5) is 10.1 Å². The zero-order valence-electron chi connectivity index (χ0n) is 6.67. The predicted molar refractivity (Wildman–Crippen MR) is 45.0 cm³/mol. The normalized spacial score (nSPS) is 9.77. The van der Waals surface area contributed by atoms with Crippen LogP contribution >= 0.6 is 11.6 Å². The molecule has 0 atom stereocenters. The summed E-state index contributed by atoms with van der Waals surface area (Å²) in [5.74, 6) is -1.61. The van der Waals surface area contributed by atoms with Gasteiger partial charge in [0.25, 0.3) is 0 Å². The number of esters is 1. The molecular weight excluding hydrogens is 199 g/mol. The fourth-order valence-electron chi connectivity index (χ4n) is 0.774. The second-order valence-electron chi connectivity index (χ2n) is 2.18. The van der Waals surface area contributed by atoms with Gasteiger partial charge < -0.3 is 10.5 Å². The summed E-state index contributed by atoms with van der Waals surface area (Å²) in [6.07, 6.45) is 0.837. The van der Waals surface area contributed by atoms with Gasteiger partial charge in [-0.25, -0.2) is 14.2 Å². The number of nitrogen functional groups attached to an aromatic ring is 1. The molecule has 0 bridgehead atoms. The third-order valence-corrected chi connectivity index (χ3v) is 1.70. The van der Waals surface area contributed by atoms with Crippen LogP contribution in [0.25, 0.3) is 0 Å². The molecule has 1 aromatic rings. The molecule has 0 unspecified atom stereocenters. The lowest BCUT2D eigenvalue weighted by molar-refractivity contribution is 0.0601. The molecule has 1 aromatic heterocycles. The second-order valence-corrected chi connectivity index (χ2v) is 2.54. The Balaban J connectivity index is 3.33. The number of hydrogen-bond acceptors (Lipinski definition) is 4. The summed E-state index contributed by atoms with van der Waals surface area (Å²) in [4.78, 5) is 14.4. The van der Waals surface area contributed by atoms with Crippen LogP contribution in [0.5, 0.6) is 0 Å². The number of nitrogens with two attached hydrogens (primary N) is 1. The van der Waals surface area contributed by atoms with Crippen molar-refractivity contribution in [3.63, 3.8) is 0 Å². The Morgan fingerprint density at radius 1 is 1.77 bits per heavy atom. The Hall–Kier alpha value is -1.36. The van der Waals surface area contributed by atoms with Crippen LogP contribution < -0.4 is 5.73 Å². The number of carbonyl (C=O) groups is 1. The molecule has 13 heavy (non-hydrogen) atoms. The minimum atomic E-state index is -0.811. The number of carbonyl (C=O) groups excluding carboxylic acids is 1. The number of anilines is 1. The van der Waals surface area contributed by atoms with Crippen LogP contribution in [-0.2, 0) is 4.74 Å². The first kappa shape index (κ1) is 9.73. The van der Waals surface area contributed by atoms with Gasteiger partial charge >= 0.3 is 5.97 Å². The van der Waals surface area contributed by atoms with Gasteiger partial charge in [0, 0.05) is 0 Å². The van der Waals surface area contributed by atoms with Gasteiger partial charge in [0.2, 0.25) is 0 Å². The van der Waals surface area contributed by atoms with Crippen molar-refractivity contribution in [3.8, 4) is 0 Å². The van der Waals surface area contributed by atoms with Gasteiger partial charge in [-0.1, -0.05) is 11.6 Å². The minimum absolute atomic E-state index is 0.175. The summed E-state index contributed by atoms with van der Waals surface area (Å²) in [7, 11) is 1.14. The van der Waals surface area contributed by atoms with Gasteiger partial charge in [-0.05, 0) is 0 Å². The standard InChI is InChI=1S/C7H6ClFN2O2/c1-13-7(12)4-5(10)3(9)2-11-6(4)8/h2H,1H3,(H2,10,11). The average molecular weight is 205 g/mol. The average Bonchev–Trinajstić information content (AvgIpc) is 2.12. The zero-order chi connectivity index (χ0) is 10.0. The van der Waals surface area contributed by atoms with Crippen LogP contribution in [0, 0.1) is 5.82 Å². The van der Waals surface area contributed by atoms with Crippen molar-refractivity contribution < 1.29 is 13.9 Å². The van der Waals surface area contributed by atoms with Crippen molar-refractivity contribution in [2.24, 2.45) is 0 Å². The Morgan fingerprint density at radius 2 is 2.38 bits per heavy atom. The van der Waals surface area contributed by atoms with E-state index >= 15 is 0 Å².